The molecule has 2 aromatic rings. The quantitative estimate of drug-likeness (QED) is 0.880. The van der Waals surface area contributed by atoms with Gasteiger partial charge < -0.3 is 15.8 Å². The first-order valence-corrected chi connectivity index (χ1v) is 6.06. The molecule has 0 atom stereocenters. The zero-order valence-electron chi connectivity index (χ0n) is 11.0. The maximum absolute atomic E-state index is 13.5. The van der Waals surface area contributed by atoms with Gasteiger partial charge in [0.05, 0.1) is 7.11 Å². The van der Waals surface area contributed by atoms with Crippen molar-refractivity contribution in [1.82, 2.24) is 0 Å². The van der Waals surface area contributed by atoms with E-state index < -0.39 is 11.7 Å². The third kappa shape index (κ3) is 3.26. The fourth-order valence-electron chi connectivity index (χ4n) is 1.77. The van der Waals surface area contributed by atoms with Gasteiger partial charge in [0.2, 0.25) is 5.91 Å². The lowest BCUT2D eigenvalue weighted by Crippen LogP contribution is -2.10. The zero-order chi connectivity index (χ0) is 14.5. The Hall–Kier alpha value is -2.56. The van der Waals surface area contributed by atoms with Crippen LogP contribution in [0.2, 0.25) is 0 Å². The summed E-state index contributed by atoms with van der Waals surface area (Å²) >= 11 is 0. The summed E-state index contributed by atoms with van der Waals surface area (Å²) in [4.78, 5) is 10.9. The third-order valence-corrected chi connectivity index (χ3v) is 2.89. The van der Waals surface area contributed by atoms with Gasteiger partial charge in [-0.25, -0.2) is 4.39 Å². The molecule has 0 aliphatic heterocycles. The number of nitrogens with two attached hydrogens (primary N) is 1. The summed E-state index contributed by atoms with van der Waals surface area (Å²) in [5, 5.41) is 3.09. The Morgan fingerprint density at radius 1 is 1.25 bits per heavy atom. The van der Waals surface area contributed by atoms with Crippen LogP contribution in [0.25, 0.3) is 0 Å². The highest BCUT2D eigenvalue weighted by Gasteiger charge is 2.04. The topological polar surface area (TPSA) is 64.3 Å². The van der Waals surface area contributed by atoms with Gasteiger partial charge in [-0.15, -0.1) is 0 Å². The number of ether oxygens (including phenoxy) is 1. The standard InChI is InChI=1S/C15H15FN2O2/c1-20-14-7-6-12(8-13(14)16)18-9-10-2-4-11(5-3-10)15(17)19/h2-8,18H,9H2,1H3,(H2,17,19). The maximum atomic E-state index is 13.5. The van der Waals surface area contributed by atoms with Crippen LogP contribution in [0.3, 0.4) is 0 Å². The molecule has 104 valence electrons. The minimum absolute atomic E-state index is 0.210. The number of nitrogens with one attached hydrogen (secondary N) is 1. The minimum Gasteiger partial charge on any atom is -0.494 e. The average Bonchev–Trinajstić information content (AvgIpc) is 2.45. The van der Waals surface area contributed by atoms with Gasteiger partial charge in [0.15, 0.2) is 11.6 Å². The number of amides is 1. The molecule has 2 rings (SSSR count). The number of anilines is 1. The Balaban J connectivity index is 2.01. The van der Waals surface area contributed by atoms with E-state index in [9.17, 15) is 9.18 Å². The van der Waals surface area contributed by atoms with Crippen LogP contribution in [0.4, 0.5) is 10.1 Å². The lowest BCUT2D eigenvalue weighted by molar-refractivity contribution is 0.100. The number of rotatable bonds is 5. The lowest BCUT2D eigenvalue weighted by Gasteiger charge is -2.08. The van der Waals surface area contributed by atoms with Crippen LogP contribution < -0.4 is 15.8 Å². The molecule has 0 radical (unpaired) electrons. The van der Waals surface area contributed by atoms with Crippen LogP contribution in [-0.2, 0) is 6.54 Å². The van der Waals surface area contributed by atoms with Gasteiger partial charge in [-0.05, 0) is 29.8 Å². The summed E-state index contributed by atoms with van der Waals surface area (Å²) in [5.74, 6) is -0.662. The molecule has 0 saturated heterocycles. The molecule has 5 heteroatoms. The molecule has 0 aliphatic carbocycles. The van der Waals surface area contributed by atoms with Crippen molar-refractivity contribution < 1.29 is 13.9 Å². The van der Waals surface area contributed by atoms with Crippen LogP contribution >= 0.6 is 0 Å². The Kier molecular flexibility index (Phi) is 4.20. The van der Waals surface area contributed by atoms with Crippen LogP contribution in [0.5, 0.6) is 5.75 Å². The van der Waals surface area contributed by atoms with Gasteiger partial charge >= 0.3 is 0 Å². The second-order valence-corrected chi connectivity index (χ2v) is 4.26. The maximum Gasteiger partial charge on any atom is 0.248 e. The molecule has 20 heavy (non-hydrogen) atoms. The highest BCUT2D eigenvalue weighted by atomic mass is 19.1. The summed E-state index contributed by atoms with van der Waals surface area (Å²) in [6.45, 7) is 0.519. The number of methoxy groups -OCH3 is 1. The molecule has 3 N–H and O–H groups in total. The summed E-state index contributed by atoms with van der Waals surface area (Å²) in [5.41, 5.74) is 7.25. The lowest BCUT2D eigenvalue weighted by atomic mass is 10.1. The molecule has 2 aromatic carbocycles. The van der Waals surface area contributed by atoms with E-state index >= 15 is 0 Å². The van der Waals surface area contributed by atoms with E-state index in [0.29, 0.717) is 17.8 Å². The molecule has 0 aromatic heterocycles. The first-order valence-electron chi connectivity index (χ1n) is 6.06. The van der Waals surface area contributed by atoms with E-state index in [-0.39, 0.29) is 5.75 Å². The molecular formula is C15H15FN2O2. The summed E-state index contributed by atoms with van der Waals surface area (Å²) in [6, 6.07) is 11.6. The molecule has 0 aliphatic rings. The van der Waals surface area contributed by atoms with Crippen LogP contribution in [-0.4, -0.2) is 13.0 Å². The number of halogens is 1. The predicted octanol–water partition coefficient (Wildman–Crippen LogP) is 2.55. The Morgan fingerprint density at radius 2 is 1.95 bits per heavy atom. The van der Waals surface area contributed by atoms with Gasteiger partial charge in [-0.3, -0.25) is 4.79 Å². The Morgan fingerprint density at radius 3 is 2.50 bits per heavy atom. The fraction of sp³-hybridized carbons (Fsp3) is 0.133. The van der Waals surface area contributed by atoms with Crippen LogP contribution in [0.1, 0.15) is 15.9 Å². The molecule has 0 saturated carbocycles. The number of primary amides is 1. The van der Waals surface area contributed by atoms with Gasteiger partial charge in [-0.1, -0.05) is 12.1 Å². The van der Waals surface area contributed by atoms with E-state index in [4.69, 9.17) is 10.5 Å². The third-order valence-electron chi connectivity index (χ3n) is 2.89. The van der Waals surface area contributed by atoms with Crippen molar-refractivity contribution in [2.24, 2.45) is 5.73 Å². The summed E-state index contributed by atoms with van der Waals surface area (Å²) in [7, 11) is 1.42. The molecule has 0 spiro atoms. The van der Waals surface area contributed by atoms with Crippen molar-refractivity contribution in [3.63, 3.8) is 0 Å². The van der Waals surface area contributed by atoms with E-state index in [1.54, 1.807) is 36.4 Å². The highest BCUT2D eigenvalue weighted by Crippen LogP contribution is 2.21. The van der Waals surface area contributed by atoms with Crippen LogP contribution in [0.15, 0.2) is 42.5 Å². The van der Waals surface area contributed by atoms with Gasteiger partial charge in [-0.2, -0.15) is 0 Å². The second kappa shape index (κ2) is 6.06. The van der Waals surface area contributed by atoms with Gasteiger partial charge in [0, 0.05) is 23.9 Å². The van der Waals surface area contributed by atoms with Crippen LogP contribution in [0, 0.1) is 5.82 Å². The smallest absolute Gasteiger partial charge is 0.248 e. The predicted molar refractivity (Wildman–Crippen MR) is 75.2 cm³/mol. The Labute approximate surface area is 116 Å². The van der Waals surface area contributed by atoms with E-state index in [0.717, 1.165) is 5.56 Å². The first-order chi connectivity index (χ1) is 9.60. The summed E-state index contributed by atoms with van der Waals surface area (Å²) in [6.07, 6.45) is 0. The normalized spacial score (nSPS) is 10.1. The van der Waals surface area contributed by atoms with Gasteiger partial charge in [0.1, 0.15) is 0 Å². The number of carbonyl (C=O) groups is 1. The van der Waals surface area contributed by atoms with Crippen molar-refractivity contribution in [3.8, 4) is 5.75 Å². The summed E-state index contributed by atoms with van der Waals surface area (Å²) < 4.78 is 18.4. The van der Waals surface area contributed by atoms with E-state index in [1.807, 2.05) is 0 Å². The number of benzene rings is 2. The van der Waals surface area contributed by atoms with Crippen molar-refractivity contribution in [3.05, 3.63) is 59.4 Å². The van der Waals surface area contributed by atoms with E-state index in [2.05, 4.69) is 5.32 Å². The molecular weight excluding hydrogens is 259 g/mol. The van der Waals surface area contributed by atoms with Gasteiger partial charge in [0.25, 0.3) is 0 Å². The molecule has 0 heterocycles. The molecule has 0 fully saturated rings. The minimum atomic E-state index is -0.457. The highest BCUT2D eigenvalue weighted by molar-refractivity contribution is 5.92. The van der Waals surface area contributed by atoms with Crippen molar-refractivity contribution in [1.29, 1.82) is 0 Å². The van der Waals surface area contributed by atoms with Crippen molar-refractivity contribution >= 4 is 11.6 Å². The largest absolute Gasteiger partial charge is 0.494 e. The molecule has 4 nitrogen and oxygen atoms in total. The Bertz CT molecular complexity index is 612. The fourth-order valence-corrected chi connectivity index (χ4v) is 1.77. The van der Waals surface area contributed by atoms with E-state index in [1.165, 1.54) is 13.2 Å². The number of carbonyl (C=O) groups excluding carboxylic acids is 1. The number of hydrogen-bond donors (Lipinski definition) is 2. The average molecular weight is 274 g/mol. The second-order valence-electron chi connectivity index (χ2n) is 4.26. The first kappa shape index (κ1) is 13.9. The molecule has 1 amide bonds. The number of hydrogen-bond acceptors (Lipinski definition) is 3. The van der Waals surface area contributed by atoms with Crippen molar-refractivity contribution in [2.75, 3.05) is 12.4 Å². The SMILES string of the molecule is COc1ccc(NCc2ccc(C(N)=O)cc2)cc1F. The molecule has 0 unspecified atom stereocenters. The van der Waals surface area contributed by atoms with Crippen molar-refractivity contribution in [2.45, 2.75) is 6.54 Å². The molecule has 0 bridgehead atoms. The monoisotopic (exact) mass is 274 g/mol. The zero-order valence-corrected chi connectivity index (χ0v) is 11.0.